The number of Topliss-reactive ketones (excluding diaryl/α,β-unsaturated/α-hetero) is 1. The van der Waals surface area contributed by atoms with E-state index in [1.165, 1.54) is 0 Å². The Hall–Kier alpha value is -1.22. The van der Waals surface area contributed by atoms with Crippen LogP contribution in [0.1, 0.15) is 6.92 Å². The highest BCUT2D eigenvalue weighted by atomic mass is 16.1. The van der Waals surface area contributed by atoms with Gasteiger partial charge in [-0.2, -0.15) is 0 Å². The van der Waals surface area contributed by atoms with Crippen molar-refractivity contribution in [1.82, 2.24) is 4.90 Å². The van der Waals surface area contributed by atoms with E-state index in [2.05, 4.69) is 11.6 Å². The second kappa shape index (κ2) is 4.33. The molecule has 0 bridgehead atoms. The number of likely N-dealkylation sites (N-methyl/N-ethyl adjacent to an activating group) is 1. The molecule has 0 spiro atoms. The van der Waals surface area contributed by atoms with E-state index in [0.29, 0.717) is 0 Å². The first kappa shape index (κ1) is 10.9. The number of rotatable bonds is 3. The Labute approximate surface area is 84.8 Å². The van der Waals surface area contributed by atoms with Gasteiger partial charge in [-0.15, -0.1) is 0 Å². The van der Waals surface area contributed by atoms with Crippen LogP contribution in [0.4, 0.5) is 0 Å². The highest BCUT2D eigenvalue weighted by molar-refractivity contribution is 5.92. The lowest BCUT2D eigenvalue weighted by Gasteiger charge is -2.18. The number of ketones is 1. The van der Waals surface area contributed by atoms with Crippen LogP contribution in [-0.2, 0) is 4.79 Å². The molecule has 0 fully saturated rings. The molecule has 0 aromatic carbocycles. The summed E-state index contributed by atoms with van der Waals surface area (Å²) in [6.45, 7) is 6.12. The van der Waals surface area contributed by atoms with Gasteiger partial charge in [0.1, 0.15) is 0 Å². The lowest BCUT2D eigenvalue weighted by molar-refractivity contribution is -0.119. The van der Waals surface area contributed by atoms with Crippen LogP contribution in [0.3, 0.4) is 0 Å². The fraction of sp³-hybridized carbons (Fsp3) is 0.455. The van der Waals surface area contributed by atoms with Gasteiger partial charge >= 0.3 is 0 Å². The number of carbonyl (C=O) groups is 1. The van der Waals surface area contributed by atoms with E-state index >= 15 is 0 Å². The maximum absolute atomic E-state index is 11.4. The lowest BCUT2D eigenvalue weighted by atomic mass is 10.0. The summed E-state index contributed by atoms with van der Waals surface area (Å²) in [4.78, 5) is 17.4. The van der Waals surface area contributed by atoms with Gasteiger partial charge in [-0.3, -0.25) is 14.7 Å². The van der Waals surface area contributed by atoms with Gasteiger partial charge in [-0.1, -0.05) is 12.7 Å². The van der Waals surface area contributed by atoms with Crippen molar-refractivity contribution in [1.29, 1.82) is 0 Å². The second-order valence-corrected chi connectivity index (χ2v) is 3.50. The van der Waals surface area contributed by atoms with Gasteiger partial charge in [0, 0.05) is 19.8 Å². The van der Waals surface area contributed by atoms with Gasteiger partial charge in [-0.25, -0.2) is 0 Å². The van der Waals surface area contributed by atoms with E-state index < -0.39 is 0 Å². The highest BCUT2D eigenvalue weighted by Crippen LogP contribution is 2.23. The van der Waals surface area contributed by atoms with Crippen LogP contribution >= 0.6 is 0 Å². The molecule has 0 saturated heterocycles. The minimum absolute atomic E-state index is 0.138. The van der Waals surface area contributed by atoms with Crippen LogP contribution in [0.25, 0.3) is 0 Å². The van der Waals surface area contributed by atoms with E-state index in [1.54, 1.807) is 26.3 Å². The molecule has 0 radical (unpaired) electrons. The minimum atomic E-state index is -0.138. The van der Waals surface area contributed by atoms with Crippen LogP contribution in [0, 0.1) is 0 Å². The molecule has 1 aliphatic heterocycles. The predicted molar refractivity (Wildman–Crippen MR) is 58.7 cm³/mol. The summed E-state index contributed by atoms with van der Waals surface area (Å²) in [5, 5.41) is 0. The Morgan fingerprint density at radius 1 is 1.71 bits per heavy atom. The van der Waals surface area contributed by atoms with Crippen LogP contribution in [0.5, 0.6) is 0 Å². The van der Waals surface area contributed by atoms with E-state index in [-0.39, 0.29) is 11.8 Å². The zero-order valence-electron chi connectivity index (χ0n) is 8.95. The molecule has 1 atom stereocenters. The Morgan fingerprint density at radius 3 is 2.79 bits per heavy atom. The summed E-state index contributed by atoms with van der Waals surface area (Å²) in [5.74, 6) is 0.155. The maximum atomic E-state index is 11.4. The Bertz CT molecular complexity index is 315. The molecule has 0 N–H and O–H groups in total. The summed E-state index contributed by atoms with van der Waals surface area (Å²) in [6.07, 6.45) is 3.56. The first-order chi connectivity index (χ1) is 6.61. The van der Waals surface area contributed by atoms with Gasteiger partial charge in [0.15, 0.2) is 5.78 Å². The van der Waals surface area contributed by atoms with Crippen LogP contribution in [0.15, 0.2) is 28.8 Å². The highest BCUT2D eigenvalue weighted by Gasteiger charge is 2.30. The van der Waals surface area contributed by atoms with E-state index in [1.807, 2.05) is 11.9 Å². The van der Waals surface area contributed by atoms with Gasteiger partial charge in [0.25, 0.3) is 0 Å². The first-order valence-electron chi connectivity index (χ1n) is 4.60. The molecule has 0 aliphatic carbocycles. The number of aliphatic imine (C=N–C) groups is 1. The van der Waals surface area contributed by atoms with Gasteiger partial charge < -0.3 is 0 Å². The Kier molecular flexibility index (Phi) is 3.36. The monoisotopic (exact) mass is 192 g/mol. The molecule has 3 nitrogen and oxygen atoms in total. The zero-order chi connectivity index (χ0) is 10.7. The molecule has 1 aliphatic rings. The third kappa shape index (κ3) is 1.82. The molecule has 0 saturated carbocycles. The van der Waals surface area contributed by atoms with Crippen LogP contribution in [0.2, 0.25) is 0 Å². The molecule has 0 aromatic rings. The third-order valence-electron chi connectivity index (χ3n) is 2.42. The average molecular weight is 192 g/mol. The molecular weight excluding hydrogens is 176 g/mol. The van der Waals surface area contributed by atoms with E-state index in [9.17, 15) is 4.79 Å². The van der Waals surface area contributed by atoms with Crippen molar-refractivity contribution in [2.24, 2.45) is 4.99 Å². The molecule has 0 aromatic heterocycles. The van der Waals surface area contributed by atoms with Gasteiger partial charge in [0.05, 0.1) is 6.04 Å². The molecule has 1 heterocycles. The maximum Gasteiger partial charge on any atom is 0.151 e. The summed E-state index contributed by atoms with van der Waals surface area (Å²) < 4.78 is 0. The molecular formula is C11H16N2O. The summed E-state index contributed by atoms with van der Waals surface area (Å²) >= 11 is 0. The quantitative estimate of drug-likeness (QED) is 0.627. The van der Waals surface area contributed by atoms with Crippen molar-refractivity contribution in [3.05, 3.63) is 23.8 Å². The normalized spacial score (nSPS) is 23.5. The van der Waals surface area contributed by atoms with Crippen molar-refractivity contribution < 1.29 is 4.79 Å². The molecule has 3 heteroatoms. The second-order valence-electron chi connectivity index (χ2n) is 3.50. The van der Waals surface area contributed by atoms with Crippen LogP contribution in [-0.4, -0.2) is 43.6 Å². The first-order valence-corrected chi connectivity index (χ1v) is 4.60. The van der Waals surface area contributed by atoms with Gasteiger partial charge in [-0.05, 0) is 25.1 Å². The molecule has 14 heavy (non-hydrogen) atoms. The third-order valence-corrected chi connectivity index (χ3v) is 2.42. The fourth-order valence-corrected chi connectivity index (χ4v) is 1.91. The topological polar surface area (TPSA) is 32.7 Å². The number of nitrogens with zero attached hydrogens (tertiary/aromatic N) is 2. The molecule has 0 amide bonds. The van der Waals surface area contributed by atoms with Gasteiger partial charge in [0.2, 0.25) is 0 Å². The lowest BCUT2D eigenvalue weighted by Crippen LogP contribution is -2.33. The Morgan fingerprint density at radius 2 is 2.36 bits per heavy atom. The smallest absolute Gasteiger partial charge is 0.151 e. The fourth-order valence-electron chi connectivity index (χ4n) is 1.91. The largest absolute Gasteiger partial charge is 0.298 e. The molecule has 1 rings (SSSR count). The molecule has 1 unspecified atom stereocenters. The van der Waals surface area contributed by atoms with Crippen LogP contribution < -0.4 is 0 Å². The van der Waals surface area contributed by atoms with E-state index in [4.69, 9.17) is 0 Å². The summed E-state index contributed by atoms with van der Waals surface area (Å²) in [7, 11) is 3.67. The predicted octanol–water partition coefficient (Wildman–Crippen LogP) is 1.07. The number of hydrogen-bond acceptors (Lipinski definition) is 3. The van der Waals surface area contributed by atoms with Crippen molar-refractivity contribution in [2.45, 2.75) is 13.0 Å². The summed E-state index contributed by atoms with van der Waals surface area (Å²) in [5.41, 5.74) is 2.08. The zero-order valence-corrected chi connectivity index (χ0v) is 8.95. The minimum Gasteiger partial charge on any atom is -0.298 e. The van der Waals surface area contributed by atoms with E-state index in [0.717, 1.165) is 17.7 Å². The van der Waals surface area contributed by atoms with Crippen molar-refractivity contribution in [2.75, 3.05) is 20.6 Å². The van der Waals surface area contributed by atoms with Crippen molar-refractivity contribution in [3.8, 4) is 0 Å². The number of carbonyl (C=O) groups excluding carboxylic acids is 1. The SMILES string of the molecule is C=CC1=C(C=NC)CN(C)C1C(C)=O. The molecule has 76 valence electrons. The average Bonchev–Trinajstić information content (AvgIpc) is 2.42. The Balaban J connectivity index is 3.08. The van der Waals surface area contributed by atoms with Crippen molar-refractivity contribution in [3.63, 3.8) is 0 Å². The summed E-state index contributed by atoms with van der Waals surface area (Å²) in [6, 6.07) is -0.138. The standard InChI is InChI=1S/C11H16N2O/c1-5-10-9(6-12-3)7-13(4)11(10)8(2)14/h5-6,11H,1,7H2,2-4H3. The van der Waals surface area contributed by atoms with Crippen molar-refractivity contribution >= 4 is 12.0 Å². The number of hydrogen-bond donors (Lipinski definition) is 0.